The van der Waals surface area contributed by atoms with E-state index in [9.17, 15) is 0 Å². The molecule has 0 aromatic heterocycles. The fourth-order valence-corrected chi connectivity index (χ4v) is 0.770. The summed E-state index contributed by atoms with van der Waals surface area (Å²) < 4.78 is 0. The number of aliphatic hydroxyl groups excluding tert-OH is 1. The van der Waals surface area contributed by atoms with E-state index in [0.29, 0.717) is 6.54 Å². The molecule has 2 nitrogen and oxygen atoms in total. The Bertz CT molecular complexity index is 50.0. The first-order valence-electron chi connectivity index (χ1n) is 2.71. The van der Waals surface area contributed by atoms with E-state index in [0.717, 1.165) is 19.4 Å². The highest BCUT2D eigenvalue weighted by Crippen LogP contribution is 2.00. The Morgan fingerprint density at radius 1 is 1.57 bits per heavy atom. The molecule has 1 N–H and O–H groups in total. The quantitative estimate of drug-likeness (QED) is 0.447. The molecule has 1 radical (unpaired) electrons. The largest absolute Gasteiger partial charge is 0.392 e. The molecule has 0 aromatic carbocycles. The molecule has 0 saturated carbocycles. The molecule has 1 fully saturated rings. The Hall–Kier alpha value is -0.0800. The summed E-state index contributed by atoms with van der Waals surface area (Å²) in [5.41, 5.74) is 0. The van der Waals surface area contributed by atoms with Gasteiger partial charge >= 0.3 is 0 Å². The first-order chi connectivity index (χ1) is 3.39. The number of rotatable bonds is 0. The molecule has 1 saturated heterocycles. The summed E-state index contributed by atoms with van der Waals surface area (Å²) in [7, 11) is 0. The molecular weight excluding hydrogens is 90.1 g/mol. The number of aliphatic hydroxyl groups is 1. The lowest BCUT2D eigenvalue weighted by Gasteiger charge is -2.14. The van der Waals surface area contributed by atoms with Crippen molar-refractivity contribution in [3.05, 3.63) is 0 Å². The van der Waals surface area contributed by atoms with Crippen LogP contribution in [0.3, 0.4) is 0 Å². The SMILES string of the molecule is OC1CCC[N]C1. The summed E-state index contributed by atoms with van der Waals surface area (Å²) in [6, 6.07) is 0. The zero-order valence-corrected chi connectivity index (χ0v) is 4.30. The number of hydrogen-bond acceptors (Lipinski definition) is 1. The van der Waals surface area contributed by atoms with Crippen LogP contribution in [0.2, 0.25) is 0 Å². The third-order valence-electron chi connectivity index (χ3n) is 1.19. The van der Waals surface area contributed by atoms with E-state index in [4.69, 9.17) is 5.11 Å². The lowest BCUT2D eigenvalue weighted by Crippen LogP contribution is -2.27. The monoisotopic (exact) mass is 100 g/mol. The maximum absolute atomic E-state index is 8.82. The fourth-order valence-electron chi connectivity index (χ4n) is 0.770. The van der Waals surface area contributed by atoms with Gasteiger partial charge in [-0.1, -0.05) is 0 Å². The van der Waals surface area contributed by atoms with Crippen LogP contribution in [0, 0.1) is 0 Å². The van der Waals surface area contributed by atoms with E-state index in [2.05, 4.69) is 5.32 Å². The fraction of sp³-hybridized carbons (Fsp3) is 1.00. The Kier molecular flexibility index (Phi) is 1.65. The van der Waals surface area contributed by atoms with Gasteiger partial charge in [0.1, 0.15) is 0 Å². The van der Waals surface area contributed by atoms with Crippen LogP contribution in [-0.4, -0.2) is 24.3 Å². The first-order valence-corrected chi connectivity index (χ1v) is 2.71. The van der Waals surface area contributed by atoms with Crippen LogP contribution in [0.5, 0.6) is 0 Å². The summed E-state index contributed by atoms with van der Waals surface area (Å²) in [4.78, 5) is 0. The maximum Gasteiger partial charge on any atom is 0.0681 e. The smallest absolute Gasteiger partial charge is 0.0681 e. The summed E-state index contributed by atoms with van der Waals surface area (Å²) in [5, 5.41) is 12.8. The minimum atomic E-state index is -0.131. The van der Waals surface area contributed by atoms with Gasteiger partial charge in [-0.25, -0.2) is 5.32 Å². The summed E-state index contributed by atoms with van der Waals surface area (Å²) in [6.45, 7) is 1.62. The molecule has 41 valence electrons. The van der Waals surface area contributed by atoms with Gasteiger partial charge in [0.05, 0.1) is 6.10 Å². The van der Waals surface area contributed by atoms with E-state index in [1.807, 2.05) is 0 Å². The number of nitrogens with zero attached hydrogens (tertiary/aromatic N) is 1. The predicted octanol–water partition coefficient (Wildman–Crippen LogP) is -0.254. The van der Waals surface area contributed by atoms with Crippen LogP contribution in [0.15, 0.2) is 0 Å². The minimum absolute atomic E-state index is 0.131. The second kappa shape index (κ2) is 2.28. The van der Waals surface area contributed by atoms with Crippen molar-refractivity contribution in [3.8, 4) is 0 Å². The van der Waals surface area contributed by atoms with Crippen LogP contribution >= 0.6 is 0 Å². The van der Waals surface area contributed by atoms with Crippen LogP contribution in [-0.2, 0) is 0 Å². The second-order valence-corrected chi connectivity index (χ2v) is 1.93. The number of hydrogen-bond donors (Lipinski definition) is 1. The molecule has 1 rings (SSSR count). The topological polar surface area (TPSA) is 34.3 Å². The normalized spacial score (nSPS) is 33.0. The highest BCUT2D eigenvalue weighted by molar-refractivity contribution is 4.65. The molecule has 0 aliphatic carbocycles. The van der Waals surface area contributed by atoms with Crippen LogP contribution in [0.4, 0.5) is 0 Å². The van der Waals surface area contributed by atoms with Gasteiger partial charge in [-0.2, -0.15) is 0 Å². The van der Waals surface area contributed by atoms with E-state index >= 15 is 0 Å². The van der Waals surface area contributed by atoms with E-state index in [-0.39, 0.29) is 6.10 Å². The van der Waals surface area contributed by atoms with Crippen molar-refractivity contribution in [3.63, 3.8) is 0 Å². The predicted molar refractivity (Wildman–Crippen MR) is 27.1 cm³/mol. The highest BCUT2D eigenvalue weighted by atomic mass is 16.3. The molecule has 0 amide bonds. The first kappa shape index (κ1) is 5.06. The Morgan fingerprint density at radius 3 is 2.71 bits per heavy atom. The lowest BCUT2D eigenvalue weighted by molar-refractivity contribution is 0.141. The Morgan fingerprint density at radius 2 is 2.43 bits per heavy atom. The van der Waals surface area contributed by atoms with Crippen molar-refractivity contribution >= 4 is 0 Å². The van der Waals surface area contributed by atoms with Crippen molar-refractivity contribution in [1.29, 1.82) is 0 Å². The molecule has 1 heterocycles. The van der Waals surface area contributed by atoms with E-state index < -0.39 is 0 Å². The zero-order chi connectivity index (χ0) is 5.11. The lowest BCUT2D eigenvalue weighted by atomic mass is 10.1. The second-order valence-electron chi connectivity index (χ2n) is 1.93. The standard InChI is InChI=1S/C5H10NO/c7-5-2-1-3-6-4-5/h5,7H,1-4H2. The van der Waals surface area contributed by atoms with Crippen molar-refractivity contribution in [1.82, 2.24) is 5.32 Å². The van der Waals surface area contributed by atoms with Gasteiger partial charge in [0.25, 0.3) is 0 Å². The van der Waals surface area contributed by atoms with Gasteiger partial charge in [-0.3, -0.25) is 0 Å². The third kappa shape index (κ3) is 1.45. The zero-order valence-electron chi connectivity index (χ0n) is 4.30. The van der Waals surface area contributed by atoms with Crippen LogP contribution < -0.4 is 5.32 Å². The Balaban J connectivity index is 2.12. The van der Waals surface area contributed by atoms with Crippen LogP contribution in [0.25, 0.3) is 0 Å². The van der Waals surface area contributed by atoms with Crippen molar-refractivity contribution in [2.45, 2.75) is 18.9 Å². The van der Waals surface area contributed by atoms with Crippen molar-refractivity contribution < 1.29 is 5.11 Å². The molecule has 1 aliphatic rings. The molecule has 1 atom stereocenters. The molecular formula is C5H10NO. The summed E-state index contributed by atoms with van der Waals surface area (Å²) in [6.07, 6.45) is 1.89. The third-order valence-corrected chi connectivity index (χ3v) is 1.19. The molecule has 1 unspecified atom stereocenters. The van der Waals surface area contributed by atoms with Gasteiger partial charge in [0.15, 0.2) is 0 Å². The summed E-state index contributed by atoms with van der Waals surface area (Å²) >= 11 is 0. The van der Waals surface area contributed by atoms with E-state index in [1.54, 1.807) is 0 Å². The van der Waals surface area contributed by atoms with Gasteiger partial charge in [-0.15, -0.1) is 0 Å². The van der Waals surface area contributed by atoms with Gasteiger partial charge in [0, 0.05) is 13.1 Å². The maximum atomic E-state index is 8.82. The molecule has 0 aromatic rings. The molecule has 1 aliphatic heterocycles. The van der Waals surface area contributed by atoms with E-state index in [1.165, 1.54) is 0 Å². The summed E-state index contributed by atoms with van der Waals surface area (Å²) in [5.74, 6) is 0. The van der Waals surface area contributed by atoms with Crippen molar-refractivity contribution in [2.24, 2.45) is 0 Å². The average molecular weight is 100 g/mol. The van der Waals surface area contributed by atoms with Gasteiger partial charge in [0.2, 0.25) is 0 Å². The Labute approximate surface area is 43.5 Å². The van der Waals surface area contributed by atoms with Crippen molar-refractivity contribution in [2.75, 3.05) is 13.1 Å². The number of piperidine rings is 1. The molecule has 0 bridgehead atoms. The molecule has 2 heteroatoms. The van der Waals surface area contributed by atoms with Gasteiger partial charge < -0.3 is 5.11 Å². The highest BCUT2D eigenvalue weighted by Gasteiger charge is 2.07. The molecule has 7 heavy (non-hydrogen) atoms. The minimum Gasteiger partial charge on any atom is -0.392 e. The van der Waals surface area contributed by atoms with Gasteiger partial charge in [-0.05, 0) is 12.8 Å². The van der Waals surface area contributed by atoms with Crippen LogP contribution in [0.1, 0.15) is 12.8 Å². The average Bonchev–Trinajstić information content (AvgIpc) is 1.69. The molecule has 0 spiro atoms.